The summed E-state index contributed by atoms with van der Waals surface area (Å²) in [4.78, 5) is 1.59. The summed E-state index contributed by atoms with van der Waals surface area (Å²) >= 11 is 11.7. The Morgan fingerprint density at radius 2 is 1.77 bits per heavy atom. The van der Waals surface area contributed by atoms with Crippen molar-refractivity contribution >= 4 is 23.8 Å². The normalized spacial score (nSPS) is 11.0. The Bertz CT molecular complexity index is 1140. The lowest BCUT2D eigenvalue weighted by Crippen LogP contribution is -2.02. The van der Waals surface area contributed by atoms with Crippen molar-refractivity contribution in [3.63, 3.8) is 0 Å². The van der Waals surface area contributed by atoms with Crippen LogP contribution < -0.4 is 0 Å². The standard InChI is InChI=1S/C18H15ClN6S/c1-11-14(19)9-6-10-15(11)24-17(20-21-18(24)26)16-12(2)22-25(23-16)13-7-4-3-5-8-13/h3-10H,1-2H3,(H,21,26). The van der Waals surface area contributed by atoms with Gasteiger partial charge in [-0.25, -0.2) is 0 Å². The Morgan fingerprint density at radius 3 is 2.54 bits per heavy atom. The fourth-order valence-corrected chi connectivity index (χ4v) is 3.18. The van der Waals surface area contributed by atoms with E-state index in [0.717, 1.165) is 22.6 Å². The van der Waals surface area contributed by atoms with Gasteiger partial charge in [-0.05, 0) is 55.9 Å². The summed E-state index contributed by atoms with van der Waals surface area (Å²) in [5.41, 5.74) is 4.06. The number of nitrogens with one attached hydrogen (secondary N) is 1. The molecule has 26 heavy (non-hydrogen) atoms. The number of aromatic amines is 1. The summed E-state index contributed by atoms with van der Waals surface area (Å²) in [7, 11) is 0. The second-order valence-corrected chi connectivity index (χ2v) is 6.62. The lowest BCUT2D eigenvalue weighted by Gasteiger charge is -2.10. The number of halogens is 1. The average Bonchev–Trinajstić information content (AvgIpc) is 3.21. The zero-order chi connectivity index (χ0) is 18.3. The van der Waals surface area contributed by atoms with Crippen molar-refractivity contribution < 1.29 is 0 Å². The van der Waals surface area contributed by atoms with Gasteiger partial charge in [0.25, 0.3) is 0 Å². The van der Waals surface area contributed by atoms with Crippen LogP contribution in [0.15, 0.2) is 48.5 Å². The van der Waals surface area contributed by atoms with Gasteiger partial charge in [0.1, 0.15) is 0 Å². The summed E-state index contributed by atoms with van der Waals surface area (Å²) in [6, 6.07) is 15.4. The number of aryl methyl sites for hydroxylation is 1. The summed E-state index contributed by atoms with van der Waals surface area (Å²) in [5, 5.41) is 17.1. The van der Waals surface area contributed by atoms with Crippen molar-refractivity contribution in [1.82, 2.24) is 29.8 Å². The molecule has 0 amide bonds. The van der Waals surface area contributed by atoms with Gasteiger partial charge in [0.2, 0.25) is 0 Å². The van der Waals surface area contributed by atoms with E-state index in [-0.39, 0.29) is 0 Å². The predicted molar refractivity (Wildman–Crippen MR) is 104 cm³/mol. The Balaban J connectivity index is 1.90. The average molecular weight is 383 g/mol. The molecule has 2 aromatic carbocycles. The molecular weight excluding hydrogens is 368 g/mol. The third-order valence-corrected chi connectivity index (χ3v) is 4.82. The van der Waals surface area contributed by atoms with E-state index >= 15 is 0 Å². The molecule has 6 nitrogen and oxygen atoms in total. The fraction of sp³-hybridized carbons (Fsp3) is 0.111. The van der Waals surface area contributed by atoms with Gasteiger partial charge in [-0.2, -0.15) is 15.0 Å². The number of H-pyrrole nitrogens is 1. The first-order valence-electron chi connectivity index (χ1n) is 7.99. The Morgan fingerprint density at radius 1 is 1.00 bits per heavy atom. The zero-order valence-electron chi connectivity index (χ0n) is 14.1. The molecule has 0 atom stereocenters. The largest absolute Gasteiger partial charge is 0.266 e. The number of para-hydroxylation sites is 1. The fourth-order valence-electron chi connectivity index (χ4n) is 2.78. The van der Waals surface area contributed by atoms with Gasteiger partial charge in [0.15, 0.2) is 16.3 Å². The van der Waals surface area contributed by atoms with E-state index in [1.807, 2.05) is 66.9 Å². The maximum Gasteiger partial charge on any atom is 0.200 e. The molecule has 0 unspecified atom stereocenters. The lowest BCUT2D eigenvalue weighted by atomic mass is 10.2. The maximum atomic E-state index is 6.29. The smallest absolute Gasteiger partial charge is 0.200 e. The molecule has 0 saturated heterocycles. The van der Waals surface area contributed by atoms with E-state index in [1.165, 1.54) is 0 Å². The van der Waals surface area contributed by atoms with Crippen LogP contribution in [-0.2, 0) is 0 Å². The van der Waals surface area contributed by atoms with Crippen LogP contribution in [-0.4, -0.2) is 29.8 Å². The van der Waals surface area contributed by atoms with E-state index in [1.54, 1.807) is 4.80 Å². The predicted octanol–water partition coefficient (Wildman–Crippen LogP) is 4.45. The van der Waals surface area contributed by atoms with Crippen molar-refractivity contribution in [1.29, 1.82) is 0 Å². The molecule has 0 spiro atoms. The van der Waals surface area contributed by atoms with Gasteiger partial charge >= 0.3 is 0 Å². The van der Waals surface area contributed by atoms with Gasteiger partial charge in [-0.1, -0.05) is 35.9 Å². The number of rotatable bonds is 3. The van der Waals surface area contributed by atoms with Crippen LogP contribution in [0.5, 0.6) is 0 Å². The molecule has 0 saturated carbocycles. The zero-order valence-corrected chi connectivity index (χ0v) is 15.7. The molecule has 0 aliphatic carbocycles. The molecule has 4 aromatic rings. The van der Waals surface area contributed by atoms with Crippen LogP contribution in [0.4, 0.5) is 0 Å². The number of hydrogen-bond acceptors (Lipinski definition) is 4. The third-order valence-electron chi connectivity index (χ3n) is 4.13. The van der Waals surface area contributed by atoms with Crippen molar-refractivity contribution in [3.8, 4) is 22.9 Å². The SMILES string of the molecule is Cc1nn(-c2ccccc2)nc1-c1n[nH]c(=S)n1-c1cccc(Cl)c1C. The molecular formula is C18H15ClN6S. The van der Waals surface area contributed by atoms with Crippen molar-refractivity contribution in [2.24, 2.45) is 0 Å². The van der Waals surface area contributed by atoms with Crippen LogP contribution in [0.3, 0.4) is 0 Å². The minimum Gasteiger partial charge on any atom is -0.266 e. The van der Waals surface area contributed by atoms with Gasteiger partial charge in [0.05, 0.1) is 17.1 Å². The van der Waals surface area contributed by atoms with E-state index in [0.29, 0.717) is 21.3 Å². The highest BCUT2D eigenvalue weighted by molar-refractivity contribution is 7.71. The monoisotopic (exact) mass is 382 g/mol. The number of hydrogen-bond donors (Lipinski definition) is 1. The molecule has 1 N–H and O–H groups in total. The minimum atomic E-state index is 0.471. The first-order valence-corrected chi connectivity index (χ1v) is 8.77. The summed E-state index contributed by atoms with van der Waals surface area (Å²) < 4.78 is 2.31. The quantitative estimate of drug-likeness (QED) is 0.532. The Hall–Kier alpha value is -2.77. The highest BCUT2D eigenvalue weighted by Gasteiger charge is 2.19. The molecule has 0 aliphatic rings. The molecule has 8 heteroatoms. The molecule has 0 bridgehead atoms. The van der Waals surface area contributed by atoms with Crippen molar-refractivity contribution in [2.45, 2.75) is 13.8 Å². The van der Waals surface area contributed by atoms with E-state index in [9.17, 15) is 0 Å². The topological polar surface area (TPSA) is 64.3 Å². The minimum absolute atomic E-state index is 0.471. The summed E-state index contributed by atoms with van der Waals surface area (Å²) in [6.07, 6.45) is 0. The highest BCUT2D eigenvalue weighted by atomic mass is 35.5. The van der Waals surface area contributed by atoms with Crippen molar-refractivity contribution in [2.75, 3.05) is 0 Å². The Kier molecular flexibility index (Phi) is 4.18. The van der Waals surface area contributed by atoms with Gasteiger partial charge < -0.3 is 0 Å². The second-order valence-electron chi connectivity index (χ2n) is 5.83. The molecule has 0 radical (unpaired) electrons. The first-order chi connectivity index (χ1) is 12.6. The number of nitrogens with zero attached hydrogens (tertiary/aromatic N) is 5. The summed E-state index contributed by atoms with van der Waals surface area (Å²) in [5.74, 6) is 0.597. The molecule has 2 heterocycles. The molecule has 4 rings (SSSR count). The van der Waals surface area contributed by atoms with E-state index < -0.39 is 0 Å². The van der Waals surface area contributed by atoms with Crippen LogP contribution in [0.1, 0.15) is 11.3 Å². The summed E-state index contributed by atoms with van der Waals surface area (Å²) in [6.45, 7) is 3.85. The molecule has 0 aliphatic heterocycles. The molecule has 0 fully saturated rings. The van der Waals surface area contributed by atoms with Crippen LogP contribution in [0, 0.1) is 18.6 Å². The lowest BCUT2D eigenvalue weighted by molar-refractivity contribution is 0.746. The van der Waals surface area contributed by atoms with Crippen LogP contribution in [0.2, 0.25) is 5.02 Å². The van der Waals surface area contributed by atoms with Crippen molar-refractivity contribution in [3.05, 3.63) is 69.6 Å². The van der Waals surface area contributed by atoms with Gasteiger partial charge in [0, 0.05) is 5.02 Å². The first kappa shape index (κ1) is 16.7. The second kappa shape index (κ2) is 6.51. The maximum absolute atomic E-state index is 6.29. The molecule has 2 aromatic heterocycles. The van der Waals surface area contributed by atoms with E-state index in [2.05, 4.69) is 20.4 Å². The Labute approximate surface area is 160 Å². The van der Waals surface area contributed by atoms with Crippen LogP contribution in [0.25, 0.3) is 22.9 Å². The van der Waals surface area contributed by atoms with Gasteiger partial charge in [-0.15, -0.1) is 5.10 Å². The van der Waals surface area contributed by atoms with Gasteiger partial charge in [-0.3, -0.25) is 9.67 Å². The van der Waals surface area contributed by atoms with Crippen LogP contribution >= 0.6 is 23.8 Å². The molecule has 130 valence electrons. The third kappa shape index (κ3) is 2.75. The number of benzene rings is 2. The highest BCUT2D eigenvalue weighted by Crippen LogP contribution is 2.27. The number of aromatic nitrogens is 6. The van der Waals surface area contributed by atoms with E-state index in [4.69, 9.17) is 23.8 Å².